The van der Waals surface area contributed by atoms with Crippen molar-refractivity contribution in [2.24, 2.45) is 4.99 Å². The molecule has 0 saturated carbocycles. The number of nitrogens with one attached hydrogen (secondary N) is 2. The number of morpholine rings is 1. The molecule has 0 radical (unpaired) electrons. The fourth-order valence-corrected chi connectivity index (χ4v) is 3.63. The van der Waals surface area contributed by atoms with E-state index < -0.39 is 0 Å². The van der Waals surface area contributed by atoms with E-state index in [-0.39, 0.29) is 11.6 Å². The smallest absolute Gasteiger partial charge is 0.191 e. The summed E-state index contributed by atoms with van der Waals surface area (Å²) in [4.78, 5) is 6.83. The maximum atomic E-state index is 6.11. The van der Waals surface area contributed by atoms with E-state index in [9.17, 15) is 0 Å². The average molecular weight is 441 g/mol. The third-order valence-corrected chi connectivity index (χ3v) is 5.28. The van der Waals surface area contributed by atoms with E-state index in [2.05, 4.69) is 46.5 Å². The summed E-state index contributed by atoms with van der Waals surface area (Å²) >= 11 is 6.11. The zero-order valence-corrected chi connectivity index (χ0v) is 19.5. The Kier molecular flexibility index (Phi) is 10.9. The van der Waals surface area contributed by atoms with Gasteiger partial charge in [0, 0.05) is 52.0 Å². The molecule has 1 aromatic rings. The van der Waals surface area contributed by atoms with E-state index in [0.29, 0.717) is 19.8 Å². The van der Waals surface area contributed by atoms with Crippen LogP contribution in [-0.2, 0) is 14.2 Å². The Hall–Kier alpha value is -1.38. The molecule has 2 N–H and O–H groups in total. The summed E-state index contributed by atoms with van der Waals surface area (Å²) in [6, 6.07) is 8.30. The van der Waals surface area contributed by atoms with Crippen molar-refractivity contribution in [2.45, 2.75) is 31.9 Å². The summed E-state index contributed by atoms with van der Waals surface area (Å²) in [5.41, 5.74) is 1.07. The van der Waals surface area contributed by atoms with Gasteiger partial charge in [0.25, 0.3) is 0 Å². The Morgan fingerprint density at radius 2 is 2.00 bits per heavy atom. The van der Waals surface area contributed by atoms with Gasteiger partial charge in [0.2, 0.25) is 0 Å². The van der Waals surface area contributed by atoms with Crippen LogP contribution < -0.4 is 10.6 Å². The lowest BCUT2D eigenvalue weighted by Gasteiger charge is -2.42. The highest BCUT2D eigenvalue weighted by molar-refractivity contribution is 6.30. The Labute approximate surface area is 186 Å². The fraction of sp³-hybridized carbons (Fsp3) is 0.682. The molecule has 7 nitrogen and oxygen atoms in total. The lowest BCUT2D eigenvalue weighted by Crippen LogP contribution is -2.52. The van der Waals surface area contributed by atoms with Gasteiger partial charge in [-0.3, -0.25) is 9.89 Å². The van der Waals surface area contributed by atoms with Crippen LogP contribution in [0.3, 0.4) is 0 Å². The van der Waals surface area contributed by atoms with Crippen LogP contribution in [0, 0.1) is 0 Å². The van der Waals surface area contributed by atoms with Crippen molar-refractivity contribution in [1.82, 2.24) is 15.5 Å². The number of guanidine groups is 1. The van der Waals surface area contributed by atoms with Crippen LogP contribution in [0.1, 0.15) is 31.9 Å². The molecule has 0 spiro atoms. The molecule has 0 aromatic heterocycles. The van der Waals surface area contributed by atoms with Gasteiger partial charge in [-0.15, -0.1) is 0 Å². The molecule has 170 valence electrons. The number of aliphatic imine (C=N–C) groups is 1. The number of hydrogen-bond donors (Lipinski definition) is 2. The Bertz CT molecular complexity index is 640. The number of methoxy groups -OCH3 is 1. The predicted octanol–water partition coefficient (Wildman–Crippen LogP) is 2.71. The van der Waals surface area contributed by atoms with Crippen LogP contribution in [0.15, 0.2) is 29.3 Å². The van der Waals surface area contributed by atoms with Crippen molar-refractivity contribution in [3.8, 4) is 0 Å². The number of rotatable bonds is 11. The van der Waals surface area contributed by atoms with Gasteiger partial charge < -0.3 is 24.8 Å². The van der Waals surface area contributed by atoms with E-state index in [1.165, 1.54) is 5.56 Å². The first-order chi connectivity index (χ1) is 14.4. The van der Waals surface area contributed by atoms with Crippen LogP contribution in [0.2, 0.25) is 5.02 Å². The molecule has 0 bridgehead atoms. The molecule has 1 saturated heterocycles. The molecule has 0 aliphatic carbocycles. The molecule has 30 heavy (non-hydrogen) atoms. The van der Waals surface area contributed by atoms with E-state index in [4.69, 9.17) is 25.8 Å². The number of nitrogens with zero attached hydrogens (tertiary/aromatic N) is 2. The summed E-state index contributed by atoms with van der Waals surface area (Å²) < 4.78 is 16.4. The first-order valence-corrected chi connectivity index (χ1v) is 11.0. The second-order valence-electron chi connectivity index (χ2n) is 7.98. The van der Waals surface area contributed by atoms with Crippen LogP contribution in [0.5, 0.6) is 0 Å². The van der Waals surface area contributed by atoms with Crippen LogP contribution >= 0.6 is 11.6 Å². The number of halogens is 1. The van der Waals surface area contributed by atoms with Gasteiger partial charge in [0.1, 0.15) is 0 Å². The van der Waals surface area contributed by atoms with Gasteiger partial charge in [-0.2, -0.15) is 0 Å². The van der Waals surface area contributed by atoms with Crippen LogP contribution in [0.4, 0.5) is 0 Å². The van der Waals surface area contributed by atoms with Crippen LogP contribution in [0.25, 0.3) is 0 Å². The summed E-state index contributed by atoms with van der Waals surface area (Å²) in [6.45, 7) is 10.3. The number of hydrogen-bond acceptors (Lipinski definition) is 5. The number of benzene rings is 1. The molecule has 1 aliphatic rings. The highest BCUT2D eigenvalue weighted by Gasteiger charge is 2.32. The third-order valence-electron chi connectivity index (χ3n) is 5.03. The predicted molar refractivity (Wildman–Crippen MR) is 122 cm³/mol. The van der Waals surface area contributed by atoms with E-state index in [1.807, 2.05) is 12.1 Å². The molecular weight excluding hydrogens is 404 g/mol. The summed E-state index contributed by atoms with van der Waals surface area (Å²) in [5, 5.41) is 7.59. The molecule has 8 heteroatoms. The lowest BCUT2D eigenvalue weighted by atomic mass is 10.0. The number of ether oxygens (including phenoxy) is 3. The molecule has 1 aliphatic heterocycles. The second-order valence-corrected chi connectivity index (χ2v) is 8.42. The third kappa shape index (κ3) is 8.78. The van der Waals surface area contributed by atoms with Crippen molar-refractivity contribution in [2.75, 3.05) is 66.8 Å². The molecule has 1 aromatic carbocycles. The minimum absolute atomic E-state index is 0.161. The van der Waals surface area contributed by atoms with Crippen molar-refractivity contribution >= 4 is 17.6 Å². The monoisotopic (exact) mass is 440 g/mol. The average Bonchev–Trinajstić information content (AvgIpc) is 2.72. The highest BCUT2D eigenvalue weighted by atomic mass is 35.5. The van der Waals surface area contributed by atoms with Crippen molar-refractivity contribution < 1.29 is 14.2 Å². The van der Waals surface area contributed by atoms with E-state index >= 15 is 0 Å². The first kappa shape index (κ1) is 24.9. The quantitative estimate of drug-likeness (QED) is 0.313. The minimum Gasteiger partial charge on any atom is -0.382 e. The summed E-state index contributed by atoms with van der Waals surface area (Å²) in [5.74, 6) is 0.790. The van der Waals surface area contributed by atoms with Gasteiger partial charge in [0.15, 0.2) is 5.96 Å². The normalized spacial score (nSPS) is 18.2. The van der Waals surface area contributed by atoms with Crippen molar-refractivity contribution in [3.05, 3.63) is 34.9 Å². The molecule has 2 rings (SSSR count). The molecule has 1 heterocycles. The fourth-order valence-electron chi connectivity index (χ4n) is 3.50. The largest absolute Gasteiger partial charge is 0.382 e. The van der Waals surface area contributed by atoms with Gasteiger partial charge >= 0.3 is 0 Å². The van der Waals surface area contributed by atoms with E-state index in [0.717, 1.165) is 50.2 Å². The highest BCUT2D eigenvalue weighted by Crippen LogP contribution is 2.27. The van der Waals surface area contributed by atoms with E-state index in [1.54, 1.807) is 14.2 Å². The molecular formula is C22H37ClN4O3. The lowest BCUT2D eigenvalue weighted by molar-refractivity contribution is -0.0971. The van der Waals surface area contributed by atoms with Gasteiger partial charge in [-0.1, -0.05) is 23.7 Å². The summed E-state index contributed by atoms with van der Waals surface area (Å²) in [6.07, 6.45) is 0.905. The standard InChI is InChI=1S/C22H37ClN4O3/c1-22(2)17-27(11-13-30-22)20(18-6-8-19(23)9-7-18)16-26-21(24-3)25-10-5-12-29-15-14-28-4/h6-9,20H,5,10-17H2,1-4H3,(H2,24,25,26). The van der Waals surface area contributed by atoms with Gasteiger partial charge in [-0.25, -0.2) is 0 Å². The maximum absolute atomic E-state index is 6.11. The Morgan fingerprint density at radius 1 is 1.23 bits per heavy atom. The van der Waals surface area contributed by atoms with Crippen molar-refractivity contribution in [3.63, 3.8) is 0 Å². The zero-order valence-electron chi connectivity index (χ0n) is 18.7. The van der Waals surface area contributed by atoms with Gasteiger partial charge in [0.05, 0.1) is 31.5 Å². The maximum Gasteiger partial charge on any atom is 0.191 e. The van der Waals surface area contributed by atoms with Crippen LogP contribution in [-0.4, -0.2) is 83.2 Å². The SMILES string of the molecule is CN=C(NCCCOCCOC)NCC(c1ccc(Cl)cc1)N1CCOC(C)(C)C1. The zero-order chi connectivity index (χ0) is 21.8. The van der Waals surface area contributed by atoms with Gasteiger partial charge in [-0.05, 0) is 38.0 Å². The molecule has 1 atom stereocenters. The molecule has 0 amide bonds. The molecule has 1 unspecified atom stereocenters. The Morgan fingerprint density at radius 3 is 2.67 bits per heavy atom. The minimum atomic E-state index is -0.161. The molecule has 1 fully saturated rings. The Balaban J connectivity index is 1.90. The summed E-state index contributed by atoms with van der Waals surface area (Å²) in [7, 11) is 3.47. The first-order valence-electron chi connectivity index (χ1n) is 10.6. The second kappa shape index (κ2) is 13.1. The topological polar surface area (TPSA) is 67.4 Å². The van der Waals surface area contributed by atoms with Crippen molar-refractivity contribution in [1.29, 1.82) is 0 Å².